The Kier molecular flexibility index (Phi) is 11.4. The van der Waals surface area contributed by atoms with Crippen LogP contribution in [0, 0.1) is 39.8 Å². The number of hydrogen-bond donors (Lipinski definition) is 0. The number of imidazole rings is 1. The van der Waals surface area contributed by atoms with Crippen molar-refractivity contribution in [3.63, 3.8) is 0 Å². The Morgan fingerprint density at radius 2 is 1.44 bits per heavy atom. The number of furan rings is 1. The molecule has 0 fully saturated rings. The third kappa shape index (κ3) is 7.99. The van der Waals surface area contributed by atoms with Crippen molar-refractivity contribution in [2.75, 3.05) is 0 Å². The molecule has 1 radical (unpaired) electrons. The number of nitrogens with zero attached hydrogens (tertiary/aromatic N) is 3. The molecule has 7 aromatic carbocycles. The van der Waals surface area contributed by atoms with Gasteiger partial charge in [-0.25, -0.2) is 0 Å². The number of aryl methyl sites for hydroxylation is 4. The van der Waals surface area contributed by atoms with E-state index < -0.39 is 14.0 Å². The quantitative estimate of drug-likeness (QED) is 0.123. The normalized spacial score (nSPS) is 12.0. The van der Waals surface area contributed by atoms with E-state index in [1.54, 1.807) is 0 Å². The van der Waals surface area contributed by atoms with E-state index in [9.17, 15) is 0 Å². The molecular formula is C56H51IrN3OSi-2. The van der Waals surface area contributed by atoms with Crippen LogP contribution in [0.3, 0.4) is 0 Å². The van der Waals surface area contributed by atoms with Gasteiger partial charge in [-0.3, -0.25) is 4.98 Å². The van der Waals surface area contributed by atoms with Gasteiger partial charge in [0, 0.05) is 38.7 Å². The summed E-state index contributed by atoms with van der Waals surface area (Å²) in [5.41, 5.74) is 15.8. The summed E-state index contributed by atoms with van der Waals surface area (Å²) in [6, 6.07) is 53.3. The molecule has 0 aliphatic rings. The second kappa shape index (κ2) is 17.1. The molecule has 0 unspecified atom stereocenters. The van der Waals surface area contributed by atoms with E-state index in [2.05, 4.69) is 173 Å². The van der Waals surface area contributed by atoms with E-state index >= 15 is 0 Å². The average Bonchev–Trinajstić information content (AvgIpc) is 3.81. The monoisotopic (exact) mass is 1000 g/mol. The summed E-state index contributed by atoms with van der Waals surface area (Å²) in [4.78, 5) is 9.98. The van der Waals surface area contributed by atoms with Crippen molar-refractivity contribution < 1.29 is 25.9 Å². The molecule has 0 N–H and O–H groups in total. The van der Waals surface area contributed by atoms with E-state index in [1.807, 2.05) is 44.3 Å². The Bertz CT molecular complexity index is 3300. The van der Waals surface area contributed by atoms with Gasteiger partial charge in [0.15, 0.2) is 0 Å². The van der Waals surface area contributed by atoms with Crippen LogP contribution in [0.15, 0.2) is 144 Å². The van der Waals surface area contributed by atoms with Gasteiger partial charge < -0.3 is 14.0 Å². The van der Waals surface area contributed by atoms with E-state index in [0.29, 0.717) is 0 Å². The average molecular weight is 1000 g/mol. The van der Waals surface area contributed by atoms with Crippen molar-refractivity contribution in [3.05, 3.63) is 180 Å². The number of hydrogen-bond acceptors (Lipinski definition) is 3. The Labute approximate surface area is 381 Å². The summed E-state index contributed by atoms with van der Waals surface area (Å²) < 4.78 is 17.5. The van der Waals surface area contributed by atoms with Crippen LogP contribution in [0.1, 0.15) is 48.9 Å². The van der Waals surface area contributed by atoms with Gasteiger partial charge in [-0.15, -0.1) is 53.1 Å². The van der Waals surface area contributed by atoms with Crippen LogP contribution in [0.4, 0.5) is 0 Å². The van der Waals surface area contributed by atoms with Crippen molar-refractivity contribution in [3.8, 4) is 39.5 Å². The Balaban J connectivity index is 0.000000180. The van der Waals surface area contributed by atoms with Crippen LogP contribution >= 0.6 is 0 Å². The molecule has 6 heteroatoms. The molecule has 62 heavy (non-hydrogen) atoms. The van der Waals surface area contributed by atoms with E-state index in [1.165, 1.54) is 38.2 Å². The largest absolute Gasteiger partial charge is 0.501 e. The summed E-state index contributed by atoms with van der Waals surface area (Å²) >= 11 is 0. The molecule has 0 atom stereocenters. The maximum absolute atomic E-state index is 8.61. The molecule has 0 bridgehead atoms. The first kappa shape index (κ1) is 41.4. The number of para-hydroxylation sites is 1. The van der Waals surface area contributed by atoms with Crippen molar-refractivity contribution >= 4 is 57.0 Å². The predicted molar refractivity (Wildman–Crippen MR) is 260 cm³/mol. The minimum atomic E-state index is -1.57. The van der Waals surface area contributed by atoms with Gasteiger partial charge >= 0.3 is 0 Å². The van der Waals surface area contributed by atoms with Gasteiger partial charge in [0.2, 0.25) is 0 Å². The van der Waals surface area contributed by atoms with Crippen LogP contribution in [-0.2, 0) is 20.1 Å². The molecule has 0 amide bonds. The molecular weight excluding hydrogens is 951 g/mol. The van der Waals surface area contributed by atoms with Crippen molar-refractivity contribution in [1.29, 1.82) is 0 Å². The third-order valence-corrected chi connectivity index (χ3v) is 13.8. The van der Waals surface area contributed by atoms with Gasteiger partial charge in [-0.1, -0.05) is 148 Å². The zero-order valence-electron chi connectivity index (χ0n) is 37.9. The first-order valence-electron chi connectivity index (χ1n) is 21.6. The maximum atomic E-state index is 8.61. The Morgan fingerprint density at radius 3 is 2.15 bits per heavy atom. The van der Waals surface area contributed by atoms with Crippen LogP contribution < -0.4 is 5.19 Å². The van der Waals surface area contributed by atoms with Gasteiger partial charge in [0.1, 0.15) is 5.58 Å². The second-order valence-electron chi connectivity index (χ2n) is 17.6. The fraction of sp³-hybridized carbons (Fsp3) is 0.179. The van der Waals surface area contributed by atoms with Gasteiger partial charge in [-0.05, 0) is 88.8 Å². The van der Waals surface area contributed by atoms with E-state index in [0.717, 1.165) is 78.0 Å². The number of fused-ring (bicyclic) bond motifs is 5. The minimum Gasteiger partial charge on any atom is -0.501 e. The van der Waals surface area contributed by atoms with Crippen molar-refractivity contribution in [2.24, 2.45) is 0 Å². The standard InChI is InChI=1S/C33H25N2O.C23H26NSi.Ir/c1-19-12-14-25-29(16-19)36-32-26(15-13-20(2)30(25)32)33-34-27-17-23-10-5-6-11-24(23)18-28(27)35(33)31-21(3)8-7-9-22(31)4;1-17(2)21-15-22(24-16-23(21)25(3,4)5)20-13-9-12-19(14-20)18-10-7-6-8-11-18;/h5-14,16-18H,1-4H3;6-12,14-17H,1-5H3;/q2*-1;/i;17D;. The molecule has 0 aliphatic heterocycles. The zero-order valence-corrected chi connectivity index (χ0v) is 40.3. The third-order valence-electron chi connectivity index (χ3n) is 11.7. The Hall–Kier alpha value is -5.91. The molecule has 10 aromatic rings. The number of pyridine rings is 1. The number of benzene rings is 7. The van der Waals surface area contributed by atoms with E-state index in [-0.39, 0.29) is 20.1 Å². The fourth-order valence-electron chi connectivity index (χ4n) is 8.61. The summed E-state index contributed by atoms with van der Waals surface area (Å²) in [7, 11) is -1.57. The molecule has 0 spiro atoms. The second-order valence-corrected chi connectivity index (χ2v) is 22.6. The van der Waals surface area contributed by atoms with E-state index in [4.69, 9.17) is 15.8 Å². The SMILES string of the molecule is Cc1ccc2c(c1)oc1c(-c3nc4cc5ccccc5cc4n3-c3c(C)cccc3C)[c-]cc(C)c12.[2H]C(C)(C)c1cc(-c2[c-]ccc(-c3ccccc3)c2)ncc1[Si](C)(C)C.[Ir]. The first-order chi connectivity index (χ1) is 29.7. The fourth-order valence-corrected chi connectivity index (χ4v) is 10.2. The smallest absolute Gasteiger partial charge is 0.121 e. The van der Waals surface area contributed by atoms with Crippen molar-refractivity contribution in [1.82, 2.24) is 14.5 Å². The van der Waals surface area contributed by atoms with Crippen molar-refractivity contribution in [2.45, 2.75) is 67.1 Å². The number of aromatic nitrogens is 3. The molecule has 3 aromatic heterocycles. The summed E-state index contributed by atoms with van der Waals surface area (Å²) in [6.45, 7) is 19.4. The van der Waals surface area contributed by atoms with Gasteiger partial charge in [-0.2, -0.15) is 0 Å². The first-order valence-corrected chi connectivity index (χ1v) is 24.6. The van der Waals surface area contributed by atoms with Crippen LogP contribution in [-0.4, -0.2) is 22.6 Å². The van der Waals surface area contributed by atoms with Crippen LogP contribution in [0.5, 0.6) is 0 Å². The Morgan fingerprint density at radius 1 is 0.726 bits per heavy atom. The van der Waals surface area contributed by atoms with Gasteiger partial charge in [0.25, 0.3) is 0 Å². The minimum absolute atomic E-state index is 0. The summed E-state index contributed by atoms with van der Waals surface area (Å²) in [6.07, 6.45) is 2.00. The summed E-state index contributed by atoms with van der Waals surface area (Å²) in [5.74, 6) is 0.197. The maximum Gasteiger partial charge on any atom is 0.121 e. The predicted octanol–water partition coefficient (Wildman–Crippen LogP) is 14.7. The molecule has 10 rings (SSSR count). The molecule has 4 nitrogen and oxygen atoms in total. The van der Waals surface area contributed by atoms with Crippen LogP contribution in [0.2, 0.25) is 19.6 Å². The molecule has 0 saturated heterocycles. The molecule has 3 heterocycles. The zero-order chi connectivity index (χ0) is 43.5. The number of rotatable bonds is 6. The topological polar surface area (TPSA) is 43.9 Å². The molecule has 311 valence electrons. The van der Waals surface area contributed by atoms with Crippen LogP contribution in [0.25, 0.3) is 83.2 Å². The molecule has 0 saturated carbocycles. The molecule has 0 aliphatic carbocycles. The summed E-state index contributed by atoms with van der Waals surface area (Å²) in [5, 5.41) is 5.90. The van der Waals surface area contributed by atoms with Gasteiger partial charge in [0.05, 0.1) is 30.5 Å².